The van der Waals surface area contributed by atoms with E-state index in [9.17, 15) is 0 Å². The average molecular weight is 355 g/mol. The topological polar surface area (TPSA) is 37.2 Å². The van der Waals surface area contributed by atoms with Crippen LogP contribution in [0, 0.1) is 0 Å². The molecule has 2 rings (SSSR count). The second-order valence-corrected chi connectivity index (χ2v) is 7.43. The van der Waals surface area contributed by atoms with Crippen molar-refractivity contribution < 1.29 is 4.42 Å². The molecule has 1 unspecified atom stereocenters. The van der Waals surface area contributed by atoms with E-state index in [-0.39, 0.29) is 0 Å². The molecule has 1 heterocycles. The van der Waals surface area contributed by atoms with E-state index in [1.165, 1.54) is 11.1 Å². The normalized spacial score (nSPS) is 12.9. The Kier molecular flexibility index (Phi) is 7.38. The molecule has 3 heteroatoms. The lowest BCUT2D eigenvalue weighted by Crippen LogP contribution is -1.95. The van der Waals surface area contributed by atoms with Gasteiger partial charge in [0.2, 0.25) is 0 Å². The summed E-state index contributed by atoms with van der Waals surface area (Å²) in [6, 6.07) is 6.41. The van der Waals surface area contributed by atoms with Gasteiger partial charge in [0.1, 0.15) is 11.3 Å². The molecule has 0 spiro atoms. The molecule has 0 aliphatic rings. The third-order valence-electron chi connectivity index (χ3n) is 4.88. The Bertz CT molecular complexity index is 738. The van der Waals surface area contributed by atoms with Gasteiger partial charge < -0.3 is 15.1 Å². The maximum Gasteiger partial charge on any atom is 0.136 e. The van der Waals surface area contributed by atoms with E-state index in [2.05, 4.69) is 68.7 Å². The van der Waals surface area contributed by atoms with E-state index >= 15 is 0 Å². The van der Waals surface area contributed by atoms with Gasteiger partial charge in [0.25, 0.3) is 0 Å². The molecular weight excluding hydrogens is 320 g/mol. The van der Waals surface area contributed by atoms with Crippen LogP contribution in [0.2, 0.25) is 0 Å². The Morgan fingerprint density at radius 1 is 1.00 bits per heavy atom. The van der Waals surface area contributed by atoms with Gasteiger partial charge in [-0.05, 0) is 58.6 Å². The van der Waals surface area contributed by atoms with E-state index in [0.29, 0.717) is 5.92 Å². The van der Waals surface area contributed by atoms with Crippen molar-refractivity contribution in [3.63, 3.8) is 0 Å². The SMILES string of the molecule is CNc1cc2cc(C(C)CC/C=C(\C)CCC=C(C)C)oc2cc1NC. The van der Waals surface area contributed by atoms with Crippen molar-refractivity contribution in [2.75, 3.05) is 24.7 Å². The molecule has 0 amide bonds. The van der Waals surface area contributed by atoms with E-state index in [1.54, 1.807) is 0 Å². The van der Waals surface area contributed by atoms with Crippen LogP contribution in [0.15, 0.2) is 45.9 Å². The van der Waals surface area contributed by atoms with Gasteiger partial charge in [-0.2, -0.15) is 0 Å². The van der Waals surface area contributed by atoms with Crippen LogP contribution < -0.4 is 10.6 Å². The highest BCUT2D eigenvalue weighted by molar-refractivity contribution is 5.89. The van der Waals surface area contributed by atoms with Crippen LogP contribution in [0.3, 0.4) is 0 Å². The maximum absolute atomic E-state index is 6.12. The number of benzene rings is 1. The minimum Gasteiger partial charge on any atom is -0.461 e. The number of hydrogen-bond donors (Lipinski definition) is 2. The van der Waals surface area contributed by atoms with Crippen molar-refractivity contribution >= 4 is 22.3 Å². The molecule has 26 heavy (non-hydrogen) atoms. The Hall–Kier alpha value is -2.16. The molecule has 3 nitrogen and oxygen atoms in total. The predicted molar refractivity (Wildman–Crippen MR) is 115 cm³/mol. The lowest BCUT2D eigenvalue weighted by Gasteiger charge is -2.08. The van der Waals surface area contributed by atoms with Gasteiger partial charge in [0.05, 0.1) is 11.4 Å². The minimum absolute atomic E-state index is 0.417. The maximum atomic E-state index is 6.12. The van der Waals surface area contributed by atoms with Crippen molar-refractivity contribution in [1.82, 2.24) is 0 Å². The highest BCUT2D eigenvalue weighted by Crippen LogP contribution is 2.33. The minimum atomic E-state index is 0.417. The van der Waals surface area contributed by atoms with Crippen LogP contribution in [-0.2, 0) is 0 Å². The van der Waals surface area contributed by atoms with Crippen molar-refractivity contribution in [2.45, 2.75) is 59.3 Å². The van der Waals surface area contributed by atoms with E-state index < -0.39 is 0 Å². The summed E-state index contributed by atoms with van der Waals surface area (Å²) in [5, 5.41) is 7.60. The molecule has 0 radical (unpaired) electrons. The second kappa shape index (κ2) is 9.51. The molecule has 1 atom stereocenters. The van der Waals surface area contributed by atoms with E-state index in [4.69, 9.17) is 4.42 Å². The monoisotopic (exact) mass is 354 g/mol. The van der Waals surface area contributed by atoms with Crippen LogP contribution in [0.1, 0.15) is 65.1 Å². The van der Waals surface area contributed by atoms with Crippen molar-refractivity contribution in [2.24, 2.45) is 0 Å². The lowest BCUT2D eigenvalue weighted by atomic mass is 10.0. The van der Waals surface area contributed by atoms with Crippen molar-refractivity contribution in [1.29, 1.82) is 0 Å². The van der Waals surface area contributed by atoms with Crippen molar-refractivity contribution in [3.05, 3.63) is 47.3 Å². The van der Waals surface area contributed by atoms with Crippen LogP contribution >= 0.6 is 0 Å². The summed E-state index contributed by atoms with van der Waals surface area (Å²) in [6.45, 7) is 8.81. The van der Waals surface area contributed by atoms with Gasteiger partial charge in [-0.1, -0.05) is 30.2 Å². The zero-order valence-electron chi connectivity index (χ0n) is 17.2. The summed E-state index contributed by atoms with van der Waals surface area (Å²) in [5.41, 5.74) is 5.98. The summed E-state index contributed by atoms with van der Waals surface area (Å²) in [6.07, 6.45) is 9.21. The van der Waals surface area contributed by atoms with Gasteiger partial charge in [-0.25, -0.2) is 0 Å². The standard InChI is InChI=1S/C23H34N2O/c1-16(2)9-7-10-17(3)11-8-12-18(4)22-14-19-13-20(24-5)21(25-6)15-23(19)26-22/h9,11,13-15,18,24-25H,7-8,10,12H2,1-6H3/b17-11+. The first-order valence-electron chi connectivity index (χ1n) is 9.66. The molecular formula is C23H34N2O. The molecule has 2 aromatic rings. The number of allylic oxidation sites excluding steroid dienone is 4. The molecule has 0 saturated heterocycles. The molecule has 0 bridgehead atoms. The van der Waals surface area contributed by atoms with Gasteiger partial charge in [0.15, 0.2) is 0 Å². The zero-order valence-corrected chi connectivity index (χ0v) is 17.2. The molecule has 0 saturated carbocycles. The molecule has 0 aliphatic heterocycles. The second-order valence-electron chi connectivity index (χ2n) is 7.43. The summed E-state index contributed by atoms with van der Waals surface area (Å²) >= 11 is 0. The summed E-state index contributed by atoms with van der Waals surface area (Å²) in [7, 11) is 3.87. The molecule has 2 N–H and O–H groups in total. The summed E-state index contributed by atoms with van der Waals surface area (Å²) in [5.74, 6) is 1.49. The fourth-order valence-electron chi connectivity index (χ4n) is 3.18. The largest absolute Gasteiger partial charge is 0.461 e. The van der Waals surface area contributed by atoms with Gasteiger partial charge in [0, 0.05) is 31.5 Å². The van der Waals surface area contributed by atoms with E-state index in [1.807, 2.05) is 14.1 Å². The summed E-state index contributed by atoms with van der Waals surface area (Å²) < 4.78 is 6.12. The number of nitrogens with one attached hydrogen (secondary N) is 2. The van der Waals surface area contributed by atoms with Crippen LogP contribution in [-0.4, -0.2) is 14.1 Å². The third-order valence-corrected chi connectivity index (χ3v) is 4.88. The third kappa shape index (κ3) is 5.42. The molecule has 0 fully saturated rings. The Balaban J connectivity index is 1.99. The molecule has 1 aromatic heterocycles. The van der Waals surface area contributed by atoms with Crippen LogP contribution in [0.4, 0.5) is 11.4 Å². The summed E-state index contributed by atoms with van der Waals surface area (Å²) in [4.78, 5) is 0. The first kappa shape index (κ1) is 20.2. The number of rotatable bonds is 9. The fourth-order valence-corrected chi connectivity index (χ4v) is 3.18. The number of fused-ring (bicyclic) bond motifs is 1. The lowest BCUT2D eigenvalue weighted by molar-refractivity contribution is 0.491. The van der Waals surface area contributed by atoms with Gasteiger partial charge in [-0.15, -0.1) is 0 Å². The predicted octanol–water partition coefficient (Wildman–Crippen LogP) is 7.09. The average Bonchev–Trinajstić information content (AvgIpc) is 3.02. The smallest absolute Gasteiger partial charge is 0.136 e. The molecule has 0 aliphatic carbocycles. The van der Waals surface area contributed by atoms with Gasteiger partial charge >= 0.3 is 0 Å². The fraction of sp³-hybridized carbons (Fsp3) is 0.478. The number of anilines is 2. The Morgan fingerprint density at radius 2 is 1.69 bits per heavy atom. The zero-order chi connectivity index (χ0) is 19.1. The quantitative estimate of drug-likeness (QED) is 0.472. The first-order valence-corrected chi connectivity index (χ1v) is 9.66. The van der Waals surface area contributed by atoms with Crippen LogP contribution in [0.5, 0.6) is 0 Å². The highest BCUT2D eigenvalue weighted by atomic mass is 16.3. The number of hydrogen-bond acceptors (Lipinski definition) is 3. The van der Waals surface area contributed by atoms with E-state index in [0.717, 1.165) is 53.8 Å². The van der Waals surface area contributed by atoms with Crippen molar-refractivity contribution in [3.8, 4) is 0 Å². The van der Waals surface area contributed by atoms with Gasteiger partial charge in [-0.3, -0.25) is 0 Å². The first-order chi connectivity index (χ1) is 12.4. The Morgan fingerprint density at radius 3 is 2.35 bits per heavy atom. The Labute approximate surface area is 158 Å². The molecule has 142 valence electrons. The van der Waals surface area contributed by atoms with Crippen LogP contribution in [0.25, 0.3) is 11.0 Å². The molecule has 1 aromatic carbocycles. The number of furan rings is 1. The highest BCUT2D eigenvalue weighted by Gasteiger charge is 2.13.